The molecule has 0 atom stereocenters. The van der Waals surface area contributed by atoms with Crippen LogP contribution in [0.1, 0.15) is 5.56 Å². The SMILES string of the molecule is COc1cc(Nc2ncncc2-c2cc(Nc3cc(CN4CCOCC4)ccn3)ncn2)c(F)c(OC)c1. The van der Waals surface area contributed by atoms with Gasteiger partial charge in [0.15, 0.2) is 11.6 Å². The lowest BCUT2D eigenvalue weighted by Gasteiger charge is -2.26. The number of hydrogen-bond donors (Lipinski definition) is 2. The molecule has 1 saturated heterocycles. The number of benzene rings is 1. The van der Waals surface area contributed by atoms with Gasteiger partial charge in [0, 0.05) is 50.2 Å². The normalized spacial score (nSPS) is 13.7. The van der Waals surface area contributed by atoms with Gasteiger partial charge in [-0.3, -0.25) is 4.90 Å². The second-order valence-corrected chi connectivity index (χ2v) is 8.45. The quantitative estimate of drug-likeness (QED) is 0.337. The van der Waals surface area contributed by atoms with E-state index in [1.807, 2.05) is 12.1 Å². The monoisotopic (exact) mass is 518 g/mol. The van der Waals surface area contributed by atoms with Gasteiger partial charge in [-0.25, -0.2) is 29.3 Å². The molecule has 12 heteroatoms. The number of pyridine rings is 1. The minimum atomic E-state index is -0.578. The number of anilines is 4. The lowest BCUT2D eigenvalue weighted by molar-refractivity contribution is 0.0342. The van der Waals surface area contributed by atoms with Crippen LogP contribution in [0.25, 0.3) is 11.3 Å². The highest BCUT2D eigenvalue weighted by Crippen LogP contribution is 2.34. The molecule has 1 aliphatic heterocycles. The Morgan fingerprint density at radius 2 is 1.79 bits per heavy atom. The zero-order valence-electron chi connectivity index (χ0n) is 21.0. The van der Waals surface area contributed by atoms with Crippen molar-refractivity contribution in [1.82, 2.24) is 29.8 Å². The first-order chi connectivity index (χ1) is 18.6. The minimum Gasteiger partial charge on any atom is -0.497 e. The van der Waals surface area contributed by atoms with Gasteiger partial charge in [0.1, 0.15) is 35.9 Å². The Morgan fingerprint density at radius 1 is 0.947 bits per heavy atom. The summed E-state index contributed by atoms with van der Waals surface area (Å²) in [7, 11) is 2.88. The topological polar surface area (TPSA) is 119 Å². The maximum absolute atomic E-state index is 15.0. The highest BCUT2D eigenvalue weighted by Gasteiger charge is 2.16. The van der Waals surface area contributed by atoms with Gasteiger partial charge in [0.2, 0.25) is 0 Å². The summed E-state index contributed by atoms with van der Waals surface area (Å²) in [6.07, 6.45) is 6.16. The summed E-state index contributed by atoms with van der Waals surface area (Å²) in [5.41, 5.74) is 2.35. The van der Waals surface area contributed by atoms with Crippen LogP contribution in [0.3, 0.4) is 0 Å². The van der Waals surface area contributed by atoms with Crippen molar-refractivity contribution < 1.29 is 18.6 Å². The van der Waals surface area contributed by atoms with Crippen LogP contribution in [0.5, 0.6) is 11.5 Å². The van der Waals surface area contributed by atoms with E-state index in [4.69, 9.17) is 14.2 Å². The molecule has 0 saturated carbocycles. The summed E-state index contributed by atoms with van der Waals surface area (Å²) < 4.78 is 30.8. The smallest absolute Gasteiger partial charge is 0.188 e. The maximum atomic E-state index is 15.0. The molecule has 1 fully saturated rings. The summed E-state index contributed by atoms with van der Waals surface area (Å²) in [4.78, 5) is 23.9. The van der Waals surface area contributed by atoms with Crippen molar-refractivity contribution in [3.8, 4) is 22.8 Å². The molecule has 0 aliphatic carbocycles. The number of rotatable bonds is 9. The summed E-state index contributed by atoms with van der Waals surface area (Å²) in [6, 6.07) is 8.73. The molecule has 11 nitrogen and oxygen atoms in total. The fourth-order valence-corrected chi connectivity index (χ4v) is 4.04. The second-order valence-electron chi connectivity index (χ2n) is 8.45. The average molecular weight is 519 g/mol. The third-order valence-corrected chi connectivity index (χ3v) is 5.97. The number of ether oxygens (including phenoxy) is 3. The maximum Gasteiger partial charge on any atom is 0.188 e. The fourth-order valence-electron chi connectivity index (χ4n) is 4.04. The first kappa shape index (κ1) is 25.2. The average Bonchev–Trinajstić information content (AvgIpc) is 2.95. The van der Waals surface area contributed by atoms with E-state index in [-0.39, 0.29) is 11.4 Å². The van der Waals surface area contributed by atoms with E-state index >= 15 is 0 Å². The molecular formula is C26H27FN8O3. The van der Waals surface area contributed by atoms with Crippen molar-refractivity contribution in [2.24, 2.45) is 0 Å². The number of aromatic nitrogens is 5. The Labute approximate surface area is 219 Å². The van der Waals surface area contributed by atoms with Gasteiger partial charge < -0.3 is 24.8 Å². The van der Waals surface area contributed by atoms with Gasteiger partial charge >= 0.3 is 0 Å². The van der Waals surface area contributed by atoms with Crippen LogP contribution in [-0.4, -0.2) is 70.3 Å². The Balaban J connectivity index is 1.37. The summed E-state index contributed by atoms with van der Waals surface area (Å²) >= 11 is 0. The van der Waals surface area contributed by atoms with Crippen molar-refractivity contribution in [3.05, 3.63) is 66.8 Å². The van der Waals surface area contributed by atoms with Crippen molar-refractivity contribution in [1.29, 1.82) is 0 Å². The molecule has 0 bridgehead atoms. The molecule has 2 N–H and O–H groups in total. The lowest BCUT2D eigenvalue weighted by Crippen LogP contribution is -2.35. The van der Waals surface area contributed by atoms with Gasteiger partial charge in [0.25, 0.3) is 0 Å². The van der Waals surface area contributed by atoms with Crippen molar-refractivity contribution in [2.45, 2.75) is 6.54 Å². The van der Waals surface area contributed by atoms with Gasteiger partial charge in [-0.15, -0.1) is 0 Å². The number of nitrogens with zero attached hydrogens (tertiary/aromatic N) is 6. The first-order valence-corrected chi connectivity index (χ1v) is 12.0. The molecule has 0 amide bonds. The predicted molar refractivity (Wildman–Crippen MR) is 139 cm³/mol. The van der Waals surface area contributed by atoms with Crippen molar-refractivity contribution in [3.63, 3.8) is 0 Å². The standard InChI is InChI=1S/C26H27FN8O3/c1-36-18-10-21(25(27)22(11-18)37-2)33-26-19(13-28-15-32-26)20-12-24(31-16-30-20)34-23-9-17(3-4-29-23)14-35-5-7-38-8-6-35/h3-4,9-13,15-16H,5-8,14H2,1-2H3,(H,28,32,33)(H,29,30,31,34). The zero-order valence-corrected chi connectivity index (χ0v) is 21.0. The van der Waals surface area contributed by atoms with Crippen LogP contribution < -0.4 is 20.1 Å². The largest absolute Gasteiger partial charge is 0.497 e. The highest BCUT2D eigenvalue weighted by atomic mass is 19.1. The van der Waals surface area contributed by atoms with Crippen molar-refractivity contribution >= 4 is 23.1 Å². The number of morpholine rings is 1. The molecule has 38 heavy (non-hydrogen) atoms. The van der Waals surface area contributed by atoms with Gasteiger partial charge in [-0.05, 0) is 17.7 Å². The van der Waals surface area contributed by atoms with Gasteiger partial charge in [-0.1, -0.05) is 0 Å². The Bertz CT molecular complexity index is 1400. The van der Waals surface area contributed by atoms with E-state index < -0.39 is 5.82 Å². The Kier molecular flexibility index (Phi) is 7.81. The number of nitrogens with one attached hydrogen (secondary N) is 2. The molecule has 3 aromatic heterocycles. The first-order valence-electron chi connectivity index (χ1n) is 12.0. The summed E-state index contributed by atoms with van der Waals surface area (Å²) in [5.74, 6) is 1.44. The van der Waals surface area contributed by atoms with E-state index in [0.29, 0.717) is 34.5 Å². The predicted octanol–water partition coefficient (Wildman–Crippen LogP) is 3.80. The molecule has 0 radical (unpaired) electrons. The Hall–Kier alpha value is -4.42. The lowest BCUT2D eigenvalue weighted by atomic mass is 10.2. The molecule has 4 heterocycles. The van der Waals surface area contributed by atoms with Crippen LogP contribution in [0, 0.1) is 5.82 Å². The van der Waals surface area contributed by atoms with Crippen LogP contribution in [0.4, 0.5) is 27.5 Å². The third-order valence-electron chi connectivity index (χ3n) is 5.97. The van der Waals surface area contributed by atoms with Crippen LogP contribution in [-0.2, 0) is 11.3 Å². The van der Waals surface area contributed by atoms with E-state index in [2.05, 4.69) is 40.5 Å². The molecule has 1 aliphatic rings. The van der Waals surface area contributed by atoms with E-state index in [9.17, 15) is 4.39 Å². The molecular weight excluding hydrogens is 491 g/mol. The molecule has 0 unspecified atom stereocenters. The molecule has 1 aromatic carbocycles. The summed E-state index contributed by atoms with van der Waals surface area (Å²) in [6.45, 7) is 4.12. The van der Waals surface area contributed by atoms with Crippen LogP contribution >= 0.6 is 0 Å². The number of methoxy groups -OCH3 is 2. The second kappa shape index (κ2) is 11.8. The Morgan fingerprint density at radius 3 is 2.61 bits per heavy atom. The number of halogens is 1. The van der Waals surface area contributed by atoms with Crippen molar-refractivity contribution in [2.75, 3.05) is 51.2 Å². The molecule has 4 aromatic rings. The summed E-state index contributed by atoms with van der Waals surface area (Å²) in [5, 5.41) is 6.25. The fraction of sp³-hybridized carbons (Fsp3) is 0.269. The molecule has 0 spiro atoms. The van der Waals surface area contributed by atoms with E-state index in [0.717, 1.165) is 38.4 Å². The van der Waals surface area contributed by atoms with Crippen LogP contribution in [0.2, 0.25) is 0 Å². The van der Waals surface area contributed by atoms with E-state index in [1.165, 1.54) is 39.0 Å². The molecule has 5 rings (SSSR count). The molecule has 196 valence electrons. The highest BCUT2D eigenvalue weighted by molar-refractivity contribution is 5.77. The minimum absolute atomic E-state index is 0.0410. The van der Waals surface area contributed by atoms with Gasteiger partial charge in [-0.2, -0.15) is 0 Å². The van der Waals surface area contributed by atoms with E-state index in [1.54, 1.807) is 18.5 Å². The number of hydrogen-bond acceptors (Lipinski definition) is 11. The van der Waals surface area contributed by atoms with Gasteiger partial charge in [0.05, 0.1) is 44.4 Å². The third kappa shape index (κ3) is 5.93. The zero-order chi connectivity index (χ0) is 26.3. The van der Waals surface area contributed by atoms with Crippen LogP contribution in [0.15, 0.2) is 55.4 Å².